The molecule has 1 unspecified atom stereocenters. The minimum atomic E-state index is -3.45. The molecule has 1 aliphatic rings. The molecule has 1 aromatic rings. The van der Waals surface area contributed by atoms with Crippen LogP contribution in [0.5, 0.6) is 0 Å². The molecule has 0 aliphatic carbocycles. The quantitative estimate of drug-likeness (QED) is 0.850. The van der Waals surface area contributed by atoms with Crippen molar-refractivity contribution in [2.75, 3.05) is 52.3 Å². The second-order valence-electron chi connectivity index (χ2n) is 5.25. The summed E-state index contributed by atoms with van der Waals surface area (Å²) in [5.41, 5.74) is 0.746. The summed E-state index contributed by atoms with van der Waals surface area (Å²) in [6.45, 7) is 2.72. The summed E-state index contributed by atoms with van der Waals surface area (Å²) in [7, 11) is 1.53. The number of hydrogen-bond donors (Lipinski definition) is 1. The molecule has 1 aromatic carbocycles. The molecule has 1 saturated heterocycles. The van der Waals surface area contributed by atoms with Crippen molar-refractivity contribution in [1.29, 1.82) is 0 Å². The SMILES string of the molecule is CNCC1CN(c2ccccc2S(=O)(=O)N(C)C)CCO1. The number of likely N-dealkylation sites (N-methyl/N-ethyl adjacent to an activating group) is 1. The Bertz CT molecular complexity index is 573. The van der Waals surface area contributed by atoms with Gasteiger partial charge in [-0.3, -0.25) is 0 Å². The van der Waals surface area contributed by atoms with E-state index in [1.54, 1.807) is 26.2 Å². The number of nitrogens with zero attached hydrogens (tertiary/aromatic N) is 2. The van der Waals surface area contributed by atoms with Crippen LogP contribution in [0.15, 0.2) is 29.2 Å². The molecular formula is C14H23N3O3S. The van der Waals surface area contributed by atoms with E-state index in [2.05, 4.69) is 10.2 Å². The Morgan fingerprint density at radius 1 is 1.38 bits per heavy atom. The predicted octanol–water partition coefficient (Wildman–Crippen LogP) is 0.362. The molecule has 0 radical (unpaired) electrons. The second-order valence-corrected chi connectivity index (χ2v) is 7.37. The van der Waals surface area contributed by atoms with Crippen molar-refractivity contribution in [2.24, 2.45) is 0 Å². The molecule has 1 heterocycles. The Kier molecular flexibility index (Phi) is 5.21. The molecule has 118 valence electrons. The van der Waals surface area contributed by atoms with Crippen molar-refractivity contribution in [3.63, 3.8) is 0 Å². The zero-order valence-corrected chi connectivity index (χ0v) is 13.6. The smallest absolute Gasteiger partial charge is 0.244 e. The molecule has 7 heteroatoms. The topological polar surface area (TPSA) is 61.9 Å². The molecule has 2 rings (SSSR count). The molecule has 1 aliphatic heterocycles. The maximum atomic E-state index is 12.5. The van der Waals surface area contributed by atoms with Crippen molar-refractivity contribution in [3.05, 3.63) is 24.3 Å². The van der Waals surface area contributed by atoms with Crippen molar-refractivity contribution >= 4 is 15.7 Å². The van der Waals surface area contributed by atoms with Gasteiger partial charge in [0, 0.05) is 33.7 Å². The van der Waals surface area contributed by atoms with E-state index in [9.17, 15) is 8.42 Å². The number of para-hydroxylation sites is 1. The fraction of sp³-hybridized carbons (Fsp3) is 0.571. The Labute approximate surface area is 126 Å². The van der Waals surface area contributed by atoms with Crippen LogP contribution in [-0.4, -0.2) is 66.2 Å². The molecule has 0 amide bonds. The van der Waals surface area contributed by atoms with Gasteiger partial charge in [0.05, 0.1) is 18.4 Å². The Morgan fingerprint density at radius 3 is 2.76 bits per heavy atom. The van der Waals surface area contributed by atoms with Crippen LogP contribution in [0.2, 0.25) is 0 Å². The van der Waals surface area contributed by atoms with Crippen LogP contribution in [0.25, 0.3) is 0 Å². The van der Waals surface area contributed by atoms with E-state index in [0.29, 0.717) is 24.6 Å². The lowest BCUT2D eigenvalue weighted by atomic mass is 10.2. The molecule has 1 atom stereocenters. The number of benzene rings is 1. The molecule has 0 aromatic heterocycles. The fourth-order valence-electron chi connectivity index (χ4n) is 2.42. The van der Waals surface area contributed by atoms with Crippen molar-refractivity contribution in [3.8, 4) is 0 Å². The summed E-state index contributed by atoms with van der Waals surface area (Å²) in [5.74, 6) is 0. The largest absolute Gasteiger partial charge is 0.373 e. The second kappa shape index (κ2) is 6.74. The zero-order chi connectivity index (χ0) is 15.5. The number of nitrogens with one attached hydrogen (secondary N) is 1. The monoisotopic (exact) mass is 313 g/mol. The summed E-state index contributed by atoms with van der Waals surface area (Å²) >= 11 is 0. The first-order valence-corrected chi connectivity index (χ1v) is 8.43. The lowest BCUT2D eigenvalue weighted by molar-refractivity contribution is 0.0420. The van der Waals surface area contributed by atoms with Gasteiger partial charge >= 0.3 is 0 Å². The predicted molar refractivity (Wildman–Crippen MR) is 83.2 cm³/mol. The van der Waals surface area contributed by atoms with Gasteiger partial charge < -0.3 is 15.0 Å². The molecular weight excluding hydrogens is 290 g/mol. The highest BCUT2D eigenvalue weighted by Gasteiger charge is 2.27. The average Bonchev–Trinajstić information content (AvgIpc) is 2.48. The van der Waals surface area contributed by atoms with Gasteiger partial charge in [-0.2, -0.15) is 0 Å². The van der Waals surface area contributed by atoms with Crippen LogP contribution in [0.3, 0.4) is 0 Å². The average molecular weight is 313 g/mol. The van der Waals surface area contributed by atoms with Crippen LogP contribution < -0.4 is 10.2 Å². The van der Waals surface area contributed by atoms with E-state index < -0.39 is 10.0 Å². The van der Waals surface area contributed by atoms with Crippen molar-refractivity contribution in [2.45, 2.75) is 11.0 Å². The number of ether oxygens (including phenoxy) is 1. The highest BCUT2D eigenvalue weighted by Crippen LogP contribution is 2.28. The van der Waals surface area contributed by atoms with Crippen molar-refractivity contribution in [1.82, 2.24) is 9.62 Å². The maximum absolute atomic E-state index is 12.5. The lowest BCUT2D eigenvalue weighted by Gasteiger charge is -2.35. The van der Waals surface area contributed by atoms with Gasteiger partial charge in [-0.05, 0) is 19.2 Å². The summed E-state index contributed by atoms with van der Waals surface area (Å²) in [4.78, 5) is 2.43. The summed E-state index contributed by atoms with van der Waals surface area (Å²) in [6, 6.07) is 7.14. The molecule has 1 N–H and O–H groups in total. The standard InChI is InChI=1S/C14H23N3O3S/c1-15-10-12-11-17(8-9-20-12)13-6-4-5-7-14(13)21(18,19)16(2)3/h4-7,12,15H,8-11H2,1-3H3. The van der Waals surface area contributed by atoms with Gasteiger partial charge in [0.25, 0.3) is 0 Å². The van der Waals surface area contributed by atoms with E-state index in [1.807, 2.05) is 19.2 Å². The van der Waals surface area contributed by atoms with Gasteiger partial charge in [0.2, 0.25) is 10.0 Å². The third-order valence-corrected chi connectivity index (χ3v) is 5.40. The fourth-order valence-corrected chi connectivity index (χ4v) is 3.53. The van der Waals surface area contributed by atoms with Gasteiger partial charge in [-0.15, -0.1) is 0 Å². The maximum Gasteiger partial charge on any atom is 0.244 e. The highest BCUT2D eigenvalue weighted by atomic mass is 32.2. The first kappa shape index (κ1) is 16.2. The number of hydrogen-bond acceptors (Lipinski definition) is 5. The minimum Gasteiger partial charge on any atom is -0.373 e. The summed E-state index contributed by atoms with van der Waals surface area (Å²) in [6.07, 6.45) is 0.0684. The molecule has 6 nitrogen and oxygen atoms in total. The first-order valence-electron chi connectivity index (χ1n) is 6.99. The Balaban J connectivity index is 2.32. The molecule has 0 bridgehead atoms. The van der Waals surface area contributed by atoms with Crippen LogP contribution in [0.1, 0.15) is 0 Å². The van der Waals surface area contributed by atoms with Gasteiger partial charge in [0.1, 0.15) is 4.90 Å². The molecule has 1 fully saturated rings. The Morgan fingerprint density at radius 2 is 2.10 bits per heavy atom. The number of anilines is 1. The molecule has 21 heavy (non-hydrogen) atoms. The van der Waals surface area contributed by atoms with Gasteiger partial charge in [-0.25, -0.2) is 12.7 Å². The normalized spacial score (nSPS) is 20.0. The summed E-state index contributed by atoms with van der Waals surface area (Å²) < 4.78 is 31.8. The van der Waals surface area contributed by atoms with E-state index in [-0.39, 0.29) is 6.10 Å². The van der Waals surface area contributed by atoms with E-state index >= 15 is 0 Å². The number of sulfonamides is 1. The summed E-state index contributed by atoms with van der Waals surface area (Å²) in [5, 5.41) is 3.09. The zero-order valence-electron chi connectivity index (χ0n) is 12.7. The molecule has 0 saturated carbocycles. The number of rotatable bonds is 5. The lowest BCUT2D eigenvalue weighted by Crippen LogP contribution is -2.46. The van der Waals surface area contributed by atoms with Gasteiger partial charge in [0.15, 0.2) is 0 Å². The number of morpholine rings is 1. The van der Waals surface area contributed by atoms with E-state index in [0.717, 1.165) is 12.2 Å². The van der Waals surface area contributed by atoms with Crippen LogP contribution in [0, 0.1) is 0 Å². The third-order valence-electron chi connectivity index (χ3n) is 3.54. The Hall–Kier alpha value is -1.15. The van der Waals surface area contributed by atoms with Crippen LogP contribution in [0.4, 0.5) is 5.69 Å². The highest BCUT2D eigenvalue weighted by molar-refractivity contribution is 7.89. The van der Waals surface area contributed by atoms with E-state index in [4.69, 9.17) is 4.74 Å². The minimum absolute atomic E-state index is 0.0684. The van der Waals surface area contributed by atoms with Gasteiger partial charge in [-0.1, -0.05) is 12.1 Å². The van der Waals surface area contributed by atoms with E-state index in [1.165, 1.54) is 4.31 Å². The van der Waals surface area contributed by atoms with Crippen molar-refractivity contribution < 1.29 is 13.2 Å². The third kappa shape index (κ3) is 3.55. The molecule has 0 spiro atoms. The van der Waals surface area contributed by atoms with Crippen LogP contribution >= 0.6 is 0 Å². The van der Waals surface area contributed by atoms with Crippen LogP contribution in [-0.2, 0) is 14.8 Å². The first-order chi connectivity index (χ1) is 9.96.